The number of benzene rings is 2. The van der Waals surface area contributed by atoms with E-state index in [-0.39, 0.29) is 16.2 Å². The van der Waals surface area contributed by atoms with E-state index < -0.39 is 88.8 Å². The average Bonchev–Trinajstić information content (AvgIpc) is 3.00. The van der Waals surface area contributed by atoms with Crippen LogP contribution in [0.4, 0.5) is 0 Å². The molecule has 1 unspecified atom stereocenters. The summed E-state index contributed by atoms with van der Waals surface area (Å²) in [7, 11) is 0. The summed E-state index contributed by atoms with van der Waals surface area (Å²) in [5.41, 5.74) is 1.12. The third-order valence-corrected chi connectivity index (χ3v) is 5.02. The van der Waals surface area contributed by atoms with Gasteiger partial charge in [-0.05, 0) is 63.6 Å². The topological polar surface area (TPSA) is 124 Å². The standard InChI is InChI=1S/C26H37NO3.C4H3O4/c1-18(2)26(29)30-25-13-12-21(17-28)16-24(25)23(22-10-8-7-9-11-22)14-15-27(19(3)4)20(5)6;5-3(6)1-2-4(7)8/h7-13,16,18-20,23,28H,14-15,17H2,1-6H3;1H,(H,5,6)(H,7,8)/i3D3,4D3,5D3,6D3,19D,20D;. The summed E-state index contributed by atoms with van der Waals surface area (Å²) in [5.74, 6) is -4.76. The number of nitrogens with zero attached hydrogens (tertiary/aromatic N) is 1. The summed E-state index contributed by atoms with van der Waals surface area (Å²) in [5, 5.41) is 25.4. The summed E-state index contributed by atoms with van der Waals surface area (Å²) in [6.45, 7) is -13.4. The number of carbonyl (C=O) groups excluding carboxylic acids is 1. The van der Waals surface area contributed by atoms with Gasteiger partial charge in [0.1, 0.15) is 5.75 Å². The van der Waals surface area contributed by atoms with Crippen LogP contribution >= 0.6 is 0 Å². The summed E-state index contributed by atoms with van der Waals surface area (Å²) in [6, 6.07) is 4.96. The Morgan fingerprint density at radius 3 is 2.16 bits per heavy atom. The van der Waals surface area contributed by atoms with Crippen LogP contribution in [0.25, 0.3) is 0 Å². The molecule has 0 amide bonds. The maximum atomic E-state index is 12.6. The van der Waals surface area contributed by atoms with Crippen LogP contribution in [-0.2, 0) is 21.0 Å². The molecule has 0 aromatic heterocycles. The predicted molar refractivity (Wildman–Crippen MR) is 146 cm³/mol. The van der Waals surface area contributed by atoms with E-state index in [1.165, 1.54) is 24.3 Å². The van der Waals surface area contributed by atoms with E-state index in [2.05, 4.69) is 0 Å². The molecular weight excluding hydrogens is 486 g/mol. The van der Waals surface area contributed by atoms with E-state index >= 15 is 0 Å². The lowest BCUT2D eigenvalue weighted by Gasteiger charge is -2.32. The quantitative estimate of drug-likeness (QED) is 0.197. The lowest BCUT2D eigenvalue weighted by atomic mass is 9.86. The predicted octanol–water partition coefficient (Wildman–Crippen LogP) is 4.90. The maximum absolute atomic E-state index is 12.6. The minimum atomic E-state index is -3.86. The lowest BCUT2D eigenvalue weighted by molar-refractivity contribution is -0.138. The Balaban J connectivity index is 0.00000150. The molecule has 207 valence electrons. The number of aliphatic hydroxyl groups is 1. The highest BCUT2D eigenvalue weighted by molar-refractivity contribution is 5.86. The van der Waals surface area contributed by atoms with Gasteiger partial charge >= 0.3 is 17.9 Å². The molecule has 0 heterocycles. The maximum Gasteiger partial charge on any atom is 0.336 e. The van der Waals surface area contributed by atoms with Gasteiger partial charge < -0.3 is 20.1 Å². The molecule has 0 aliphatic rings. The molecule has 2 aromatic rings. The van der Waals surface area contributed by atoms with Crippen LogP contribution in [0.3, 0.4) is 0 Å². The third-order valence-electron chi connectivity index (χ3n) is 5.02. The first-order valence-electron chi connectivity index (χ1n) is 18.3. The van der Waals surface area contributed by atoms with E-state index in [4.69, 9.17) is 34.1 Å². The second-order valence-corrected chi connectivity index (χ2v) is 8.14. The van der Waals surface area contributed by atoms with Crippen molar-refractivity contribution in [3.8, 4) is 5.75 Å². The molecule has 0 bridgehead atoms. The molecule has 0 aliphatic carbocycles. The van der Waals surface area contributed by atoms with E-state index in [0.717, 1.165) is 0 Å². The number of carboxylic acid groups (broad SMARTS) is 2. The van der Waals surface area contributed by atoms with E-state index in [1.807, 2.05) is 0 Å². The normalized spacial score (nSPS) is 19.4. The number of rotatable bonds is 12. The fourth-order valence-corrected chi connectivity index (χ4v) is 3.19. The monoisotopic (exact) mass is 540 g/mol. The smallest absolute Gasteiger partial charge is 0.336 e. The van der Waals surface area contributed by atoms with Gasteiger partial charge in [-0.25, -0.2) is 9.59 Å². The molecule has 0 fully saturated rings. The minimum Gasteiger partial charge on any atom is -0.478 e. The summed E-state index contributed by atoms with van der Waals surface area (Å²) in [6.07, 6.45) is 1.54. The number of ether oxygens (including phenoxy) is 1. The Morgan fingerprint density at radius 1 is 1.05 bits per heavy atom. The largest absolute Gasteiger partial charge is 0.478 e. The number of hydrogen-bond acceptors (Lipinski definition) is 6. The lowest BCUT2D eigenvalue weighted by Crippen LogP contribution is -2.38. The molecule has 8 nitrogen and oxygen atoms in total. The molecule has 1 atom stereocenters. The Morgan fingerprint density at radius 2 is 1.68 bits per heavy atom. The van der Waals surface area contributed by atoms with Crippen molar-refractivity contribution in [1.82, 2.24) is 4.90 Å². The molecule has 0 saturated heterocycles. The summed E-state index contributed by atoms with van der Waals surface area (Å²) < 4.78 is 119. The van der Waals surface area contributed by atoms with Crippen LogP contribution in [-0.4, -0.2) is 56.7 Å². The van der Waals surface area contributed by atoms with Crippen molar-refractivity contribution in [2.24, 2.45) is 5.92 Å². The summed E-state index contributed by atoms with van der Waals surface area (Å²) >= 11 is 0. The van der Waals surface area contributed by atoms with Gasteiger partial charge in [0.15, 0.2) is 0 Å². The first kappa shape index (κ1) is 16.5. The van der Waals surface area contributed by atoms with Gasteiger partial charge in [-0.15, -0.1) is 0 Å². The number of esters is 1. The highest BCUT2D eigenvalue weighted by Gasteiger charge is 2.23. The van der Waals surface area contributed by atoms with Gasteiger partial charge in [-0.3, -0.25) is 9.69 Å². The van der Waals surface area contributed by atoms with Crippen molar-refractivity contribution < 1.29 is 53.6 Å². The zero-order chi connectivity index (χ0) is 40.7. The van der Waals surface area contributed by atoms with Crippen molar-refractivity contribution in [3.05, 3.63) is 77.4 Å². The molecule has 0 spiro atoms. The van der Waals surface area contributed by atoms with Crippen molar-refractivity contribution in [2.75, 3.05) is 6.54 Å². The second-order valence-electron chi connectivity index (χ2n) is 8.14. The molecular formula is C30H40NO7. The SMILES string of the molecule is O=C(O)[C]=CC(=O)O.[2H]C([2H])([2H])C([2H])(N(CCC(c1ccccc1)c1cc(CO)ccc1OC(=O)C(C)C)C([2H])(C([2H])([2H])[2H])C([2H])([2H])[2H])C([2H])([2H])[2H]. The Hall–Kier alpha value is -3.49. The number of carboxylic acids is 2. The van der Waals surface area contributed by atoms with Crippen LogP contribution < -0.4 is 4.74 Å². The molecule has 0 saturated carbocycles. The van der Waals surface area contributed by atoms with Gasteiger partial charge in [0, 0.05) is 48.8 Å². The number of carbonyl (C=O) groups is 3. The molecule has 2 aromatic carbocycles. The van der Waals surface area contributed by atoms with Crippen molar-refractivity contribution in [1.29, 1.82) is 0 Å². The van der Waals surface area contributed by atoms with Crippen molar-refractivity contribution in [2.45, 2.75) is 72.2 Å². The van der Waals surface area contributed by atoms with Crippen molar-refractivity contribution in [3.63, 3.8) is 0 Å². The fourth-order valence-electron chi connectivity index (χ4n) is 3.19. The first-order chi connectivity index (χ1) is 23.5. The molecule has 2 rings (SSSR count). The van der Waals surface area contributed by atoms with Gasteiger partial charge in [-0.2, -0.15) is 0 Å². The van der Waals surface area contributed by atoms with Gasteiger partial charge in [0.2, 0.25) is 0 Å². The third kappa shape index (κ3) is 11.3. The van der Waals surface area contributed by atoms with Crippen LogP contribution in [0.2, 0.25) is 0 Å². The second kappa shape index (κ2) is 16.4. The Labute approximate surface area is 245 Å². The van der Waals surface area contributed by atoms with E-state index in [9.17, 15) is 19.5 Å². The molecule has 3 N–H and O–H groups in total. The molecule has 0 aliphatic heterocycles. The zero-order valence-electron chi connectivity index (χ0n) is 34.9. The number of hydrogen-bond donors (Lipinski definition) is 3. The summed E-state index contributed by atoms with van der Waals surface area (Å²) in [4.78, 5) is 31.5. The highest BCUT2D eigenvalue weighted by atomic mass is 16.5. The van der Waals surface area contributed by atoms with Gasteiger partial charge in [0.05, 0.1) is 18.6 Å². The van der Waals surface area contributed by atoms with Crippen LogP contribution in [0.1, 0.15) is 89.5 Å². The number of aliphatic hydroxyl groups excluding tert-OH is 1. The number of aliphatic carboxylic acids is 2. The first-order valence-corrected chi connectivity index (χ1v) is 11.3. The molecule has 38 heavy (non-hydrogen) atoms. The Kier molecular flexibility index (Phi) is 7.10. The van der Waals surface area contributed by atoms with E-state index in [0.29, 0.717) is 17.2 Å². The zero-order valence-corrected chi connectivity index (χ0v) is 20.9. The van der Waals surface area contributed by atoms with Crippen LogP contribution in [0.5, 0.6) is 5.75 Å². The van der Waals surface area contributed by atoms with Gasteiger partial charge in [0.25, 0.3) is 0 Å². The van der Waals surface area contributed by atoms with Crippen molar-refractivity contribution >= 4 is 17.9 Å². The molecule has 1 radical (unpaired) electrons. The highest BCUT2D eigenvalue weighted by Crippen LogP contribution is 2.36. The average molecular weight is 541 g/mol. The van der Waals surface area contributed by atoms with Crippen LogP contribution in [0, 0.1) is 12.0 Å². The minimum absolute atomic E-state index is 0.0360. The Bertz CT molecular complexity index is 1470. The van der Waals surface area contributed by atoms with Crippen LogP contribution in [0.15, 0.2) is 54.6 Å². The fraction of sp³-hybridized carbons (Fsp3) is 0.433. The van der Waals surface area contributed by atoms with E-state index in [1.54, 1.807) is 44.2 Å². The molecule has 8 heteroatoms. The van der Waals surface area contributed by atoms with Gasteiger partial charge in [-0.1, -0.05) is 50.2 Å².